The van der Waals surface area contributed by atoms with Gasteiger partial charge in [0, 0.05) is 10.2 Å². The zero-order valence-corrected chi connectivity index (χ0v) is 8.96. The molecule has 0 spiro atoms. The van der Waals surface area contributed by atoms with Gasteiger partial charge in [-0.15, -0.1) is 0 Å². The van der Waals surface area contributed by atoms with E-state index in [4.69, 9.17) is 0 Å². The molecule has 0 aliphatic rings. The van der Waals surface area contributed by atoms with Gasteiger partial charge in [-0.2, -0.15) is 0 Å². The Bertz CT molecular complexity index is 28.0. The van der Waals surface area contributed by atoms with Crippen LogP contribution in [0.3, 0.4) is 0 Å². The first-order valence-electron chi connectivity index (χ1n) is 2.59. The van der Waals surface area contributed by atoms with Crippen LogP contribution in [-0.2, 0) is 24.5 Å². The van der Waals surface area contributed by atoms with Crippen LogP contribution in [-0.4, -0.2) is 10.2 Å². The van der Waals surface area contributed by atoms with Crippen molar-refractivity contribution in [2.75, 3.05) is 0 Å². The molecular weight excluding hydrogens is 205 g/mol. The van der Waals surface area contributed by atoms with E-state index in [1.165, 1.54) is 18.9 Å². The standard InChI is InChI=1S/C4H11Si.2FH.Zr/c1-2-3-4-5;;;/h2-5H2,1H3;2*1H;/q;;;+2/p-2. The zero-order chi connectivity index (χ0) is 6.83. The molecular formula is C4H11F2SiZr. The Kier molecular flexibility index (Phi) is 23.0. The summed E-state index contributed by atoms with van der Waals surface area (Å²) in [5, 5.41) is 0. The summed E-state index contributed by atoms with van der Waals surface area (Å²) in [5.74, 6) is 0. The second kappa shape index (κ2) is 15.7. The summed E-state index contributed by atoms with van der Waals surface area (Å²) in [6, 6.07) is 1.37. The number of hydrogen-bond acceptors (Lipinski definition) is 0. The van der Waals surface area contributed by atoms with Crippen molar-refractivity contribution in [2.45, 2.75) is 25.8 Å². The van der Waals surface area contributed by atoms with Crippen molar-refractivity contribution in [1.29, 1.82) is 0 Å². The maximum absolute atomic E-state index is 9.80. The number of unbranched alkanes of at least 4 members (excludes halogenated alkanes) is 1. The SMILES string of the molecule is CCCC[SiH2].[F][Zr][F]. The van der Waals surface area contributed by atoms with Gasteiger partial charge in [0.1, 0.15) is 0 Å². The monoisotopic (exact) mass is 215 g/mol. The molecule has 0 amide bonds. The summed E-state index contributed by atoms with van der Waals surface area (Å²) in [6.45, 7) is 2.22. The first-order chi connectivity index (χ1) is 3.83. The van der Waals surface area contributed by atoms with Gasteiger partial charge in [-0.1, -0.05) is 25.8 Å². The van der Waals surface area contributed by atoms with E-state index in [2.05, 4.69) is 6.92 Å². The average Bonchev–Trinajstić information content (AvgIpc) is 1.71. The first kappa shape index (κ1) is 11.7. The van der Waals surface area contributed by atoms with Gasteiger partial charge in [0.2, 0.25) is 0 Å². The fourth-order valence-electron chi connectivity index (χ4n) is 0.250. The average molecular weight is 216 g/mol. The van der Waals surface area contributed by atoms with E-state index in [1.54, 1.807) is 0 Å². The molecule has 8 heavy (non-hydrogen) atoms. The number of rotatable bonds is 2. The molecule has 0 aromatic heterocycles. The molecule has 0 N–H and O–H groups in total. The summed E-state index contributed by atoms with van der Waals surface area (Å²) in [4.78, 5) is 0. The van der Waals surface area contributed by atoms with Crippen molar-refractivity contribution in [2.24, 2.45) is 0 Å². The third-order valence-electron chi connectivity index (χ3n) is 0.604. The molecule has 0 bridgehead atoms. The summed E-state index contributed by atoms with van der Waals surface area (Å²) < 4.78 is 19.6. The van der Waals surface area contributed by atoms with Gasteiger partial charge in [0.15, 0.2) is 0 Å². The Labute approximate surface area is 65.8 Å². The number of hydrogen-bond donors (Lipinski definition) is 0. The Balaban J connectivity index is 0. The van der Waals surface area contributed by atoms with E-state index in [0.29, 0.717) is 0 Å². The van der Waals surface area contributed by atoms with E-state index in [-0.39, 0.29) is 0 Å². The normalized spacial score (nSPS) is 7.00. The van der Waals surface area contributed by atoms with Gasteiger partial charge in [0.05, 0.1) is 0 Å². The molecule has 0 saturated carbocycles. The van der Waals surface area contributed by atoms with Crippen LogP contribution in [0, 0.1) is 0 Å². The third-order valence-corrected chi connectivity index (χ3v) is 1.10. The molecule has 4 heteroatoms. The van der Waals surface area contributed by atoms with Crippen LogP contribution >= 0.6 is 0 Å². The zero-order valence-electron chi connectivity index (χ0n) is 5.08. The second-order valence-electron chi connectivity index (χ2n) is 1.28. The fraction of sp³-hybridized carbons (Fsp3) is 1.00. The van der Waals surface area contributed by atoms with E-state index in [9.17, 15) is 5.25 Å². The molecule has 1 radical (unpaired) electrons. The minimum atomic E-state index is -2.77. The topological polar surface area (TPSA) is 0 Å². The van der Waals surface area contributed by atoms with Crippen molar-refractivity contribution in [3.05, 3.63) is 0 Å². The molecule has 0 saturated heterocycles. The van der Waals surface area contributed by atoms with Crippen molar-refractivity contribution in [3.8, 4) is 0 Å². The van der Waals surface area contributed by atoms with Crippen LogP contribution in [0.1, 0.15) is 19.8 Å². The molecule has 0 unspecified atom stereocenters. The third kappa shape index (κ3) is 28.2. The summed E-state index contributed by atoms with van der Waals surface area (Å²) in [6.07, 6.45) is 2.75. The molecule has 0 aromatic carbocycles. The molecule has 49 valence electrons. The Hall–Kier alpha value is 0.960. The molecule has 0 fully saturated rings. The summed E-state index contributed by atoms with van der Waals surface area (Å²) >= 11 is -2.77. The predicted octanol–water partition coefficient (Wildman–Crippen LogP) is 1.68. The first-order valence-corrected chi connectivity index (χ1v) is 5.44. The predicted molar refractivity (Wildman–Crippen MR) is 30.5 cm³/mol. The minimum absolute atomic E-state index is 1.35. The van der Waals surface area contributed by atoms with Crippen LogP contribution < -0.4 is 0 Å². The van der Waals surface area contributed by atoms with Crippen molar-refractivity contribution in [3.63, 3.8) is 0 Å². The molecule has 0 aliphatic carbocycles. The summed E-state index contributed by atoms with van der Waals surface area (Å²) in [7, 11) is 2.05. The molecule has 0 heterocycles. The van der Waals surface area contributed by atoms with Crippen molar-refractivity contribution in [1.82, 2.24) is 0 Å². The Morgan fingerprint density at radius 3 is 1.88 bits per heavy atom. The van der Waals surface area contributed by atoms with Crippen LogP contribution in [0.2, 0.25) is 6.04 Å². The molecule has 0 aromatic rings. The van der Waals surface area contributed by atoms with Crippen LogP contribution in [0.4, 0.5) is 5.25 Å². The van der Waals surface area contributed by atoms with E-state index < -0.39 is 24.5 Å². The Morgan fingerprint density at radius 2 is 1.88 bits per heavy atom. The Morgan fingerprint density at radius 1 is 1.50 bits per heavy atom. The van der Waals surface area contributed by atoms with Crippen LogP contribution in [0.15, 0.2) is 0 Å². The van der Waals surface area contributed by atoms with Gasteiger partial charge in [-0.25, -0.2) is 0 Å². The van der Waals surface area contributed by atoms with Crippen molar-refractivity contribution < 1.29 is 29.7 Å². The molecule has 0 rings (SSSR count). The van der Waals surface area contributed by atoms with Crippen LogP contribution in [0.25, 0.3) is 0 Å². The van der Waals surface area contributed by atoms with E-state index >= 15 is 0 Å². The molecule has 0 aliphatic heterocycles. The van der Waals surface area contributed by atoms with E-state index in [1.807, 2.05) is 10.2 Å². The summed E-state index contributed by atoms with van der Waals surface area (Å²) in [5.41, 5.74) is 0. The van der Waals surface area contributed by atoms with E-state index in [0.717, 1.165) is 0 Å². The quantitative estimate of drug-likeness (QED) is 0.616. The van der Waals surface area contributed by atoms with Gasteiger partial charge < -0.3 is 0 Å². The fourth-order valence-corrected chi connectivity index (χ4v) is 0.750. The van der Waals surface area contributed by atoms with Gasteiger partial charge in [-0.05, 0) is 0 Å². The van der Waals surface area contributed by atoms with Crippen LogP contribution in [0.5, 0.6) is 0 Å². The van der Waals surface area contributed by atoms with Crippen molar-refractivity contribution >= 4 is 10.2 Å². The second-order valence-corrected chi connectivity index (χ2v) is 2.34. The molecule has 0 atom stereocenters. The molecule has 0 nitrogen and oxygen atoms in total. The maximum atomic E-state index is 9.80. The van der Waals surface area contributed by atoms with Gasteiger partial charge in [-0.3, -0.25) is 0 Å². The van der Waals surface area contributed by atoms with Gasteiger partial charge >= 0.3 is 29.7 Å². The number of halogens is 2. The van der Waals surface area contributed by atoms with Gasteiger partial charge in [0.25, 0.3) is 0 Å².